The molecule has 0 radical (unpaired) electrons. The maximum atomic E-state index is 13.6. The first kappa shape index (κ1) is 13.3. The average molecular weight is 271 g/mol. The number of rotatable bonds is 5. The summed E-state index contributed by atoms with van der Waals surface area (Å²) in [7, 11) is 0. The zero-order valence-electron chi connectivity index (χ0n) is 11.3. The Bertz CT molecular complexity index is 552. The summed E-state index contributed by atoms with van der Waals surface area (Å²) < 4.78 is 13.6. The van der Waals surface area contributed by atoms with E-state index < -0.39 is 0 Å². The predicted molar refractivity (Wildman–Crippen MR) is 76.5 cm³/mol. The number of benzene rings is 2. The molecular weight excluding hydrogens is 253 g/mol. The molecule has 2 aromatic rings. The zero-order chi connectivity index (χ0) is 13.8. The van der Waals surface area contributed by atoms with Crippen molar-refractivity contribution in [3.63, 3.8) is 0 Å². The van der Waals surface area contributed by atoms with Gasteiger partial charge in [-0.15, -0.1) is 0 Å². The second-order valence-electron chi connectivity index (χ2n) is 5.28. The molecule has 20 heavy (non-hydrogen) atoms. The lowest BCUT2D eigenvalue weighted by Gasteiger charge is -2.35. The van der Waals surface area contributed by atoms with Crippen LogP contribution in [0.5, 0.6) is 0 Å². The number of hydrogen-bond acceptors (Lipinski definition) is 2. The van der Waals surface area contributed by atoms with E-state index in [1.807, 2.05) is 42.5 Å². The summed E-state index contributed by atoms with van der Waals surface area (Å²) in [6, 6.07) is 17.4. The van der Waals surface area contributed by atoms with Gasteiger partial charge in [0, 0.05) is 6.04 Å². The van der Waals surface area contributed by atoms with Crippen LogP contribution in [0.2, 0.25) is 0 Å². The van der Waals surface area contributed by atoms with E-state index in [4.69, 9.17) is 4.84 Å². The molecule has 0 aliphatic heterocycles. The Morgan fingerprint density at radius 1 is 1.00 bits per heavy atom. The number of hydrogen-bond donors (Lipinski definition) is 1. The third-order valence-corrected chi connectivity index (χ3v) is 3.81. The lowest BCUT2D eigenvalue weighted by atomic mass is 9.76. The molecule has 3 heteroatoms. The van der Waals surface area contributed by atoms with Crippen molar-refractivity contribution in [1.29, 1.82) is 0 Å². The molecule has 0 heterocycles. The Labute approximate surface area is 118 Å². The SMILES string of the molecule is Fc1ccccc1C1CC(NOCc2ccccc2)C1. The van der Waals surface area contributed by atoms with Crippen molar-refractivity contribution < 1.29 is 9.23 Å². The third kappa shape index (κ3) is 3.06. The summed E-state index contributed by atoms with van der Waals surface area (Å²) in [5.74, 6) is 0.218. The molecule has 1 aliphatic rings. The van der Waals surface area contributed by atoms with Gasteiger partial charge >= 0.3 is 0 Å². The minimum Gasteiger partial charge on any atom is -0.297 e. The molecule has 1 N–H and O–H groups in total. The summed E-state index contributed by atoms with van der Waals surface area (Å²) in [6.07, 6.45) is 1.85. The largest absolute Gasteiger partial charge is 0.297 e. The first-order chi connectivity index (χ1) is 9.83. The van der Waals surface area contributed by atoms with E-state index in [-0.39, 0.29) is 5.82 Å². The van der Waals surface area contributed by atoms with Gasteiger partial charge in [0.05, 0.1) is 6.61 Å². The van der Waals surface area contributed by atoms with Gasteiger partial charge in [-0.1, -0.05) is 48.5 Å². The van der Waals surface area contributed by atoms with Gasteiger partial charge in [0.1, 0.15) is 5.82 Å². The average Bonchev–Trinajstić information content (AvgIpc) is 2.44. The quantitative estimate of drug-likeness (QED) is 0.835. The predicted octanol–water partition coefficient (Wildman–Crippen LogP) is 3.79. The van der Waals surface area contributed by atoms with Crippen molar-refractivity contribution >= 4 is 0 Å². The van der Waals surface area contributed by atoms with E-state index in [9.17, 15) is 4.39 Å². The second-order valence-corrected chi connectivity index (χ2v) is 5.28. The van der Waals surface area contributed by atoms with Crippen molar-refractivity contribution in [3.8, 4) is 0 Å². The monoisotopic (exact) mass is 271 g/mol. The molecular formula is C17H18FNO. The van der Waals surface area contributed by atoms with E-state index in [1.165, 1.54) is 6.07 Å². The number of nitrogens with one attached hydrogen (secondary N) is 1. The highest BCUT2D eigenvalue weighted by Crippen LogP contribution is 2.37. The molecule has 0 atom stereocenters. The highest BCUT2D eigenvalue weighted by atomic mass is 19.1. The van der Waals surface area contributed by atoms with Crippen LogP contribution in [-0.4, -0.2) is 6.04 Å². The smallest absolute Gasteiger partial charge is 0.126 e. The van der Waals surface area contributed by atoms with E-state index in [1.54, 1.807) is 6.07 Å². The van der Waals surface area contributed by atoms with E-state index in [0.29, 0.717) is 18.6 Å². The fourth-order valence-electron chi connectivity index (χ4n) is 2.59. The Morgan fingerprint density at radius 2 is 1.70 bits per heavy atom. The summed E-state index contributed by atoms with van der Waals surface area (Å²) in [5, 5.41) is 0. The second kappa shape index (κ2) is 6.16. The van der Waals surface area contributed by atoms with E-state index in [0.717, 1.165) is 24.0 Å². The first-order valence-corrected chi connectivity index (χ1v) is 6.98. The van der Waals surface area contributed by atoms with E-state index >= 15 is 0 Å². The van der Waals surface area contributed by atoms with Crippen LogP contribution in [0.4, 0.5) is 4.39 Å². The van der Waals surface area contributed by atoms with Crippen molar-refractivity contribution in [2.45, 2.75) is 31.4 Å². The minimum atomic E-state index is -0.0962. The van der Waals surface area contributed by atoms with Crippen LogP contribution in [-0.2, 0) is 11.4 Å². The van der Waals surface area contributed by atoms with E-state index in [2.05, 4.69) is 5.48 Å². The topological polar surface area (TPSA) is 21.3 Å². The minimum absolute atomic E-state index is 0.0962. The van der Waals surface area contributed by atoms with Crippen LogP contribution in [0.25, 0.3) is 0 Å². The lowest BCUT2D eigenvalue weighted by Crippen LogP contribution is -2.40. The van der Waals surface area contributed by atoms with Gasteiger partial charge < -0.3 is 0 Å². The Kier molecular flexibility index (Phi) is 4.09. The molecule has 2 nitrogen and oxygen atoms in total. The Hall–Kier alpha value is -1.71. The van der Waals surface area contributed by atoms with Crippen molar-refractivity contribution in [2.75, 3.05) is 0 Å². The lowest BCUT2D eigenvalue weighted by molar-refractivity contribution is -0.0200. The van der Waals surface area contributed by atoms with Gasteiger partial charge in [-0.2, -0.15) is 5.48 Å². The molecule has 2 aromatic carbocycles. The van der Waals surface area contributed by atoms with Crippen molar-refractivity contribution in [2.24, 2.45) is 0 Å². The number of halogens is 1. The molecule has 1 fully saturated rings. The standard InChI is InChI=1S/C17H18FNO/c18-17-9-5-4-8-16(17)14-10-15(11-14)19-20-12-13-6-2-1-3-7-13/h1-9,14-15,19H,10-12H2. The number of hydroxylamine groups is 1. The molecule has 0 aromatic heterocycles. The summed E-state index contributed by atoms with van der Waals surface area (Å²) in [4.78, 5) is 5.49. The van der Waals surface area contributed by atoms with Crippen molar-refractivity contribution in [1.82, 2.24) is 5.48 Å². The Morgan fingerprint density at radius 3 is 2.45 bits per heavy atom. The highest BCUT2D eigenvalue weighted by Gasteiger charge is 2.31. The van der Waals surface area contributed by atoms with Crippen molar-refractivity contribution in [3.05, 3.63) is 71.5 Å². The van der Waals surface area contributed by atoms with Gasteiger partial charge in [0.15, 0.2) is 0 Å². The van der Waals surface area contributed by atoms with Gasteiger partial charge in [-0.05, 0) is 36.0 Å². The van der Waals surface area contributed by atoms with Gasteiger partial charge in [-0.3, -0.25) is 4.84 Å². The summed E-state index contributed by atoms with van der Waals surface area (Å²) >= 11 is 0. The van der Waals surface area contributed by atoms with Gasteiger partial charge in [0.25, 0.3) is 0 Å². The van der Waals surface area contributed by atoms with Crippen LogP contribution in [0.3, 0.4) is 0 Å². The normalized spacial score (nSPS) is 21.4. The molecule has 0 amide bonds. The fraction of sp³-hybridized carbons (Fsp3) is 0.294. The molecule has 0 unspecified atom stereocenters. The molecule has 1 aliphatic carbocycles. The molecule has 104 valence electrons. The van der Waals surface area contributed by atoms with Crippen LogP contribution in [0.15, 0.2) is 54.6 Å². The maximum absolute atomic E-state index is 13.6. The summed E-state index contributed by atoms with van der Waals surface area (Å²) in [6.45, 7) is 0.557. The highest BCUT2D eigenvalue weighted by molar-refractivity contribution is 5.24. The molecule has 0 spiro atoms. The zero-order valence-corrected chi connectivity index (χ0v) is 11.3. The Balaban J connectivity index is 1.42. The van der Waals surface area contributed by atoms with Crippen LogP contribution in [0.1, 0.15) is 29.9 Å². The molecule has 0 saturated heterocycles. The fourth-order valence-corrected chi connectivity index (χ4v) is 2.59. The molecule has 0 bridgehead atoms. The first-order valence-electron chi connectivity index (χ1n) is 6.98. The third-order valence-electron chi connectivity index (χ3n) is 3.81. The van der Waals surface area contributed by atoms with Crippen LogP contribution in [0, 0.1) is 5.82 Å². The van der Waals surface area contributed by atoms with Gasteiger partial charge in [-0.25, -0.2) is 4.39 Å². The maximum Gasteiger partial charge on any atom is 0.126 e. The molecule has 3 rings (SSSR count). The summed E-state index contributed by atoms with van der Waals surface area (Å²) in [5.41, 5.74) is 5.04. The van der Waals surface area contributed by atoms with Crippen LogP contribution >= 0.6 is 0 Å². The van der Waals surface area contributed by atoms with Gasteiger partial charge in [0.2, 0.25) is 0 Å². The van der Waals surface area contributed by atoms with Crippen LogP contribution < -0.4 is 5.48 Å². The molecule has 1 saturated carbocycles.